The fourth-order valence-electron chi connectivity index (χ4n) is 2.63. The molecule has 0 bridgehead atoms. The fraction of sp³-hybridized carbons (Fsp3) is 0.800. The van der Waals surface area contributed by atoms with Gasteiger partial charge in [-0.05, 0) is 0 Å². The molecule has 58 heavy (non-hydrogen) atoms. The molecular formula is C30H33F21GdO6. The average Bonchev–Trinajstić information content (AvgIpc) is 2.93. The Balaban J connectivity index is -0.000000374. The van der Waals surface area contributed by atoms with E-state index in [1.165, 1.54) is 62.3 Å². The van der Waals surface area contributed by atoms with Crippen molar-refractivity contribution in [2.75, 3.05) is 0 Å². The number of rotatable bonds is 12. The van der Waals surface area contributed by atoms with E-state index in [9.17, 15) is 121 Å². The second-order valence-corrected chi connectivity index (χ2v) is 14.8. The molecule has 0 aliphatic heterocycles. The maximum absolute atomic E-state index is 12.9. The molecular weight excluding hydrogens is 1010 g/mol. The summed E-state index contributed by atoms with van der Waals surface area (Å²) in [4.78, 5) is 66.2. The molecule has 0 saturated carbocycles. The molecule has 0 aliphatic rings. The van der Waals surface area contributed by atoms with E-state index >= 15 is 0 Å². The summed E-state index contributed by atoms with van der Waals surface area (Å²) in [6.07, 6.45) is -24.8. The van der Waals surface area contributed by atoms with Crippen LogP contribution in [0.2, 0.25) is 0 Å². The van der Waals surface area contributed by atoms with E-state index in [4.69, 9.17) is 0 Å². The molecule has 0 rings (SSSR count). The van der Waals surface area contributed by atoms with Gasteiger partial charge in [-0.25, -0.2) is 0 Å². The molecule has 0 amide bonds. The van der Waals surface area contributed by atoms with Crippen molar-refractivity contribution >= 4 is 34.7 Å². The Morgan fingerprint density at radius 3 is 0.483 bits per heavy atom. The molecule has 0 N–H and O–H groups in total. The molecule has 0 aromatic carbocycles. The third-order valence-electron chi connectivity index (χ3n) is 6.77. The van der Waals surface area contributed by atoms with Crippen LogP contribution in [0.4, 0.5) is 92.2 Å². The second-order valence-electron chi connectivity index (χ2n) is 14.8. The molecule has 28 heteroatoms. The smallest absolute Gasteiger partial charge is 0.299 e. The zero-order valence-electron chi connectivity index (χ0n) is 30.9. The van der Waals surface area contributed by atoms with E-state index in [-0.39, 0.29) is 39.9 Å². The van der Waals surface area contributed by atoms with Crippen molar-refractivity contribution < 1.29 is 161 Å². The van der Waals surface area contributed by atoms with Crippen LogP contribution in [-0.2, 0) is 28.8 Å². The molecule has 0 aromatic heterocycles. The summed E-state index contributed by atoms with van der Waals surface area (Å²) in [6.45, 7) is 10.9. The zero-order chi connectivity index (χ0) is 47.6. The monoisotopic (exact) mass is 1050 g/mol. The first kappa shape index (κ1) is 62.5. The van der Waals surface area contributed by atoms with Gasteiger partial charge in [0, 0.05) is 56.2 Å². The van der Waals surface area contributed by atoms with Gasteiger partial charge in [-0.1, -0.05) is 62.3 Å². The molecule has 0 spiro atoms. The van der Waals surface area contributed by atoms with Gasteiger partial charge < -0.3 is 0 Å². The minimum absolute atomic E-state index is 0. The average molecular weight is 1050 g/mol. The van der Waals surface area contributed by atoms with Crippen LogP contribution in [0, 0.1) is 56.2 Å². The van der Waals surface area contributed by atoms with Crippen molar-refractivity contribution in [1.29, 1.82) is 0 Å². The van der Waals surface area contributed by atoms with Crippen LogP contribution in [0.1, 0.15) is 81.6 Å². The number of carbonyl (C=O) groups excluding carboxylic acids is 6. The van der Waals surface area contributed by atoms with Crippen molar-refractivity contribution in [1.82, 2.24) is 0 Å². The van der Waals surface area contributed by atoms with Crippen molar-refractivity contribution in [3.05, 3.63) is 0 Å². The molecule has 0 unspecified atom stereocenters. The number of Topliss-reactive ketones (excluding diaryl/α,β-unsaturated/α-hetero) is 6. The molecule has 6 nitrogen and oxygen atoms in total. The van der Waals surface area contributed by atoms with Crippen LogP contribution in [0.5, 0.6) is 0 Å². The van der Waals surface area contributed by atoms with E-state index in [1.54, 1.807) is 0 Å². The molecule has 344 valence electrons. The van der Waals surface area contributed by atoms with Gasteiger partial charge in [-0.15, -0.1) is 0 Å². The van der Waals surface area contributed by atoms with Gasteiger partial charge in [0.05, 0.1) is 19.3 Å². The Morgan fingerprint density at radius 1 is 0.276 bits per heavy atom. The Bertz CT molecular complexity index is 1310. The number of ketones is 6. The summed E-state index contributed by atoms with van der Waals surface area (Å²) in [5.74, 6) is -49.2. The van der Waals surface area contributed by atoms with Gasteiger partial charge in [0.25, 0.3) is 0 Å². The number of alkyl halides is 21. The first-order valence-corrected chi connectivity index (χ1v) is 14.8. The largest absolute Gasteiger partial charge is 0.460 e. The van der Waals surface area contributed by atoms with Gasteiger partial charge >= 0.3 is 54.1 Å². The van der Waals surface area contributed by atoms with Crippen LogP contribution in [0.3, 0.4) is 0 Å². The van der Waals surface area contributed by atoms with Crippen molar-refractivity contribution in [3.63, 3.8) is 0 Å². The summed E-state index contributed by atoms with van der Waals surface area (Å²) < 4.78 is 258. The van der Waals surface area contributed by atoms with Gasteiger partial charge in [0.2, 0.25) is 17.3 Å². The summed E-state index contributed by atoms with van der Waals surface area (Å²) in [5.41, 5.74) is -3.92. The van der Waals surface area contributed by atoms with E-state index in [0.29, 0.717) is 0 Å². The summed E-state index contributed by atoms with van der Waals surface area (Å²) in [7, 11) is 0. The molecule has 0 saturated heterocycles. The van der Waals surface area contributed by atoms with E-state index in [2.05, 4.69) is 0 Å². The predicted molar refractivity (Wildman–Crippen MR) is 150 cm³/mol. The zero-order valence-corrected chi connectivity index (χ0v) is 33.1. The number of hydrogen-bond donors (Lipinski definition) is 0. The Morgan fingerprint density at radius 2 is 0.397 bits per heavy atom. The molecule has 0 atom stereocenters. The van der Waals surface area contributed by atoms with Crippen LogP contribution >= 0.6 is 0 Å². The van der Waals surface area contributed by atoms with Crippen LogP contribution in [0.15, 0.2) is 0 Å². The van der Waals surface area contributed by atoms with E-state index in [0.717, 1.165) is 0 Å². The van der Waals surface area contributed by atoms with E-state index < -0.39 is 124 Å². The predicted octanol–water partition coefficient (Wildman–Crippen LogP) is 10.2. The molecule has 0 heterocycles. The third-order valence-corrected chi connectivity index (χ3v) is 6.77. The van der Waals surface area contributed by atoms with Crippen molar-refractivity contribution in [2.45, 2.75) is 136 Å². The quantitative estimate of drug-likeness (QED) is 0.143. The molecule has 0 aliphatic carbocycles. The maximum atomic E-state index is 12.9. The van der Waals surface area contributed by atoms with Crippen molar-refractivity contribution in [2.24, 2.45) is 16.2 Å². The maximum Gasteiger partial charge on any atom is 0.460 e. The van der Waals surface area contributed by atoms with Crippen LogP contribution in [-0.4, -0.2) is 88.8 Å². The first-order valence-electron chi connectivity index (χ1n) is 14.8. The standard InChI is InChI=1S/3C10H11F7O2.Gd/c3*1-7(2,3)5(18)4-6(19)8(11,12)9(13,14)10(15,16)17;/h3*4H2,1-3H3;. The summed E-state index contributed by atoms with van der Waals surface area (Å²) in [6, 6.07) is 0. The van der Waals surface area contributed by atoms with Gasteiger partial charge in [-0.3, -0.25) is 28.8 Å². The Labute approximate surface area is 346 Å². The van der Waals surface area contributed by atoms with Gasteiger partial charge in [0.15, 0.2) is 0 Å². The van der Waals surface area contributed by atoms with E-state index in [1.807, 2.05) is 0 Å². The third kappa shape index (κ3) is 15.1. The number of carbonyl (C=O) groups is 6. The molecule has 0 fully saturated rings. The Kier molecular flexibility index (Phi) is 20.8. The van der Waals surface area contributed by atoms with Crippen LogP contribution < -0.4 is 0 Å². The van der Waals surface area contributed by atoms with Gasteiger partial charge in [0.1, 0.15) is 17.3 Å². The van der Waals surface area contributed by atoms with Gasteiger partial charge in [-0.2, -0.15) is 92.2 Å². The Hall–Kier alpha value is -2.13. The minimum Gasteiger partial charge on any atom is -0.299 e. The normalized spacial score (nSPS) is 14.2. The SMILES string of the molecule is CC(C)(C)C(=O)CC(=O)C(F)(F)C(F)(F)C(F)(F)F.CC(C)(C)C(=O)CC(=O)C(F)(F)C(F)(F)C(F)(F)F.CC(C)(C)C(=O)CC(=O)C(F)(F)C(F)(F)C(F)(F)F.[Gd]. The molecule has 0 radical (unpaired) electrons. The summed E-state index contributed by atoms with van der Waals surface area (Å²) in [5, 5.41) is 0. The van der Waals surface area contributed by atoms with Crippen LogP contribution in [0.25, 0.3) is 0 Å². The number of hydrogen-bond acceptors (Lipinski definition) is 6. The number of halogens is 21. The minimum atomic E-state index is -6.59. The summed E-state index contributed by atoms with van der Waals surface area (Å²) >= 11 is 0. The van der Waals surface area contributed by atoms with Crippen molar-refractivity contribution in [3.8, 4) is 0 Å². The molecule has 0 aromatic rings. The topological polar surface area (TPSA) is 102 Å². The second kappa shape index (κ2) is 19.3. The fourth-order valence-corrected chi connectivity index (χ4v) is 2.63. The first-order chi connectivity index (χ1) is 24.1.